The minimum absolute atomic E-state index is 0.0898. The summed E-state index contributed by atoms with van der Waals surface area (Å²) in [6.07, 6.45) is 4.20. The number of hydrogen-bond acceptors (Lipinski definition) is 4. The Hall–Kier alpha value is -2.09. The lowest BCUT2D eigenvalue weighted by molar-refractivity contribution is -0.0505. The van der Waals surface area contributed by atoms with Crippen LogP contribution in [0.4, 0.5) is 8.78 Å². The van der Waals surface area contributed by atoms with Crippen LogP contribution in [0, 0.1) is 5.41 Å². The van der Waals surface area contributed by atoms with E-state index in [0.717, 1.165) is 26.0 Å². The smallest absolute Gasteiger partial charge is 0.387 e. The van der Waals surface area contributed by atoms with Crippen molar-refractivity contribution in [2.75, 3.05) is 33.4 Å². The summed E-state index contributed by atoms with van der Waals surface area (Å²) in [6, 6.07) is 4.97. The van der Waals surface area contributed by atoms with Crippen LogP contribution in [0.2, 0.25) is 0 Å². The van der Waals surface area contributed by atoms with Crippen molar-refractivity contribution in [2.24, 2.45) is 10.4 Å². The standard InChI is InChI=1S/C21H33F2N3O3/c1-4-11-28-17-7-6-16(18(13-17)29-19(22)23)14-25-20(24-5-2)26-15-21(8-9-21)10-12-27-3/h6-7,13,19H,4-5,8-12,14-15H2,1-3H3,(H2,24,25,26). The third kappa shape index (κ3) is 8.04. The lowest BCUT2D eigenvalue weighted by Crippen LogP contribution is -2.40. The first-order valence-corrected chi connectivity index (χ1v) is 10.2. The quantitative estimate of drug-likeness (QED) is 0.379. The van der Waals surface area contributed by atoms with Gasteiger partial charge < -0.3 is 24.8 Å². The molecular formula is C21H33F2N3O3. The third-order valence-electron chi connectivity index (χ3n) is 4.90. The Balaban J connectivity index is 2.04. The molecule has 0 aliphatic heterocycles. The predicted octanol–water partition coefficient (Wildman–Crippen LogP) is 3.95. The molecule has 164 valence electrons. The van der Waals surface area contributed by atoms with E-state index in [1.807, 2.05) is 13.8 Å². The molecule has 1 saturated carbocycles. The Labute approximate surface area is 172 Å². The van der Waals surface area contributed by atoms with Gasteiger partial charge in [-0.1, -0.05) is 6.92 Å². The van der Waals surface area contributed by atoms with E-state index < -0.39 is 6.61 Å². The zero-order chi connectivity index (χ0) is 21.1. The second-order valence-electron chi connectivity index (χ2n) is 7.29. The minimum atomic E-state index is -2.90. The molecule has 8 heteroatoms. The molecule has 2 rings (SSSR count). The summed E-state index contributed by atoms with van der Waals surface area (Å²) in [4.78, 5) is 4.55. The van der Waals surface area contributed by atoms with Gasteiger partial charge in [0, 0.05) is 38.4 Å². The van der Waals surface area contributed by atoms with Crippen molar-refractivity contribution in [3.63, 3.8) is 0 Å². The van der Waals surface area contributed by atoms with Crippen LogP contribution in [0.3, 0.4) is 0 Å². The van der Waals surface area contributed by atoms with E-state index in [4.69, 9.17) is 9.47 Å². The molecule has 1 aromatic carbocycles. The maximum atomic E-state index is 12.8. The van der Waals surface area contributed by atoms with Crippen LogP contribution < -0.4 is 20.1 Å². The summed E-state index contributed by atoms with van der Waals surface area (Å²) in [6.45, 7) is 4.07. The Morgan fingerprint density at radius 1 is 1.21 bits per heavy atom. The molecule has 0 aromatic heterocycles. The first-order valence-electron chi connectivity index (χ1n) is 10.2. The van der Waals surface area contributed by atoms with Crippen LogP contribution >= 0.6 is 0 Å². The summed E-state index contributed by atoms with van der Waals surface area (Å²) in [5, 5.41) is 6.57. The van der Waals surface area contributed by atoms with Gasteiger partial charge >= 0.3 is 6.61 Å². The highest BCUT2D eigenvalue weighted by Gasteiger charge is 2.41. The lowest BCUT2D eigenvalue weighted by Gasteiger charge is -2.18. The summed E-state index contributed by atoms with van der Waals surface area (Å²) in [5.74, 6) is 1.26. The number of aliphatic imine (C=N–C) groups is 1. The maximum Gasteiger partial charge on any atom is 0.387 e. The van der Waals surface area contributed by atoms with Gasteiger partial charge in [0.25, 0.3) is 0 Å². The molecule has 0 heterocycles. The van der Waals surface area contributed by atoms with Crippen LogP contribution in [-0.4, -0.2) is 46.0 Å². The largest absolute Gasteiger partial charge is 0.493 e. The van der Waals surface area contributed by atoms with Crippen LogP contribution in [0.1, 0.15) is 45.1 Å². The normalized spacial score (nSPS) is 15.3. The number of ether oxygens (including phenoxy) is 3. The second-order valence-corrected chi connectivity index (χ2v) is 7.29. The van der Waals surface area contributed by atoms with Crippen LogP contribution in [0.5, 0.6) is 11.5 Å². The number of nitrogens with zero attached hydrogens (tertiary/aromatic N) is 1. The molecule has 1 fully saturated rings. The van der Waals surface area contributed by atoms with Crippen molar-refractivity contribution in [2.45, 2.75) is 52.7 Å². The van der Waals surface area contributed by atoms with Crippen molar-refractivity contribution >= 4 is 5.96 Å². The van der Waals surface area contributed by atoms with Gasteiger partial charge in [-0.25, -0.2) is 4.99 Å². The fourth-order valence-corrected chi connectivity index (χ4v) is 2.97. The van der Waals surface area contributed by atoms with Gasteiger partial charge in [-0.2, -0.15) is 8.78 Å². The van der Waals surface area contributed by atoms with E-state index in [2.05, 4.69) is 20.4 Å². The molecule has 0 spiro atoms. The Kier molecular flexibility index (Phi) is 9.44. The minimum Gasteiger partial charge on any atom is -0.493 e. The third-order valence-corrected chi connectivity index (χ3v) is 4.90. The number of rotatable bonds is 13. The first kappa shape index (κ1) is 23.2. The summed E-state index contributed by atoms with van der Waals surface area (Å²) < 4.78 is 41.1. The molecule has 1 aliphatic rings. The number of alkyl halides is 2. The summed E-state index contributed by atoms with van der Waals surface area (Å²) in [5.41, 5.74) is 0.848. The maximum absolute atomic E-state index is 12.8. The lowest BCUT2D eigenvalue weighted by atomic mass is 10.0. The highest BCUT2D eigenvalue weighted by atomic mass is 19.3. The molecule has 1 aromatic rings. The monoisotopic (exact) mass is 413 g/mol. The van der Waals surface area contributed by atoms with Gasteiger partial charge in [-0.05, 0) is 50.2 Å². The first-order chi connectivity index (χ1) is 14.0. The molecule has 2 N–H and O–H groups in total. The zero-order valence-corrected chi connectivity index (χ0v) is 17.6. The SMILES string of the molecule is CCCOc1ccc(CN=C(NCC)NCC2(CCOC)CC2)c(OC(F)F)c1. The van der Waals surface area contributed by atoms with Gasteiger partial charge in [0.1, 0.15) is 11.5 Å². The molecule has 6 nitrogen and oxygen atoms in total. The van der Waals surface area contributed by atoms with Crippen LogP contribution in [-0.2, 0) is 11.3 Å². The molecule has 1 aliphatic carbocycles. The van der Waals surface area contributed by atoms with E-state index in [0.29, 0.717) is 30.4 Å². The fraction of sp³-hybridized carbons (Fsp3) is 0.667. The van der Waals surface area contributed by atoms with E-state index in [-0.39, 0.29) is 17.7 Å². The molecular weight excluding hydrogens is 380 g/mol. The van der Waals surface area contributed by atoms with Gasteiger partial charge in [0.05, 0.1) is 13.2 Å². The average Bonchev–Trinajstić information content (AvgIpc) is 3.47. The topological polar surface area (TPSA) is 64.1 Å². The summed E-state index contributed by atoms with van der Waals surface area (Å²) >= 11 is 0. The molecule has 0 amide bonds. The van der Waals surface area contributed by atoms with E-state index >= 15 is 0 Å². The molecule has 0 saturated heterocycles. The van der Waals surface area contributed by atoms with E-state index in [1.54, 1.807) is 19.2 Å². The Bertz CT molecular complexity index is 652. The van der Waals surface area contributed by atoms with Crippen molar-refractivity contribution < 1.29 is 23.0 Å². The predicted molar refractivity (Wildman–Crippen MR) is 110 cm³/mol. The zero-order valence-electron chi connectivity index (χ0n) is 17.6. The van der Waals surface area contributed by atoms with Gasteiger partial charge in [-0.3, -0.25) is 0 Å². The second kappa shape index (κ2) is 11.8. The summed E-state index contributed by atoms with van der Waals surface area (Å²) in [7, 11) is 1.71. The average molecular weight is 414 g/mol. The Morgan fingerprint density at radius 3 is 2.62 bits per heavy atom. The van der Waals surface area contributed by atoms with Gasteiger partial charge in [0.2, 0.25) is 0 Å². The van der Waals surface area contributed by atoms with Crippen molar-refractivity contribution in [1.29, 1.82) is 0 Å². The molecule has 0 atom stereocenters. The number of halogens is 2. The van der Waals surface area contributed by atoms with Gasteiger partial charge in [-0.15, -0.1) is 0 Å². The highest BCUT2D eigenvalue weighted by molar-refractivity contribution is 5.79. The van der Waals surface area contributed by atoms with Crippen molar-refractivity contribution in [1.82, 2.24) is 10.6 Å². The van der Waals surface area contributed by atoms with Crippen LogP contribution in [0.25, 0.3) is 0 Å². The number of benzene rings is 1. The number of methoxy groups -OCH3 is 1. The molecule has 0 bridgehead atoms. The van der Waals surface area contributed by atoms with Crippen molar-refractivity contribution in [3.05, 3.63) is 23.8 Å². The van der Waals surface area contributed by atoms with Gasteiger partial charge in [0.15, 0.2) is 5.96 Å². The Morgan fingerprint density at radius 2 is 2.00 bits per heavy atom. The number of hydrogen-bond donors (Lipinski definition) is 2. The fourth-order valence-electron chi connectivity index (χ4n) is 2.97. The highest BCUT2D eigenvalue weighted by Crippen LogP contribution is 2.48. The van der Waals surface area contributed by atoms with E-state index in [1.165, 1.54) is 18.9 Å². The number of nitrogens with one attached hydrogen (secondary N) is 2. The molecule has 0 radical (unpaired) electrons. The number of guanidine groups is 1. The van der Waals surface area contributed by atoms with Crippen molar-refractivity contribution in [3.8, 4) is 11.5 Å². The van der Waals surface area contributed by atoms with Crippen LogP contribution in [0.15, 0.2) is 23.2 Å². The van der Waals surface area contributed by atoms with E-state index in [9.17, 15) is 8.78 Å². The molecule has 29 heavy (non-hydrogen) atoms. The molecule has 0 unspecified atom stereocenters.